The minimum Gasteiger partial charge on any atom is -0.490 e. The van der Waals surface area contributed by atoms with Crippen LogP contribution in [0.5, 0.6) is 11.5 Å². The maximum atomic E-state index is 12.0. The van der Waals surface area contributed by atoms with Crippen LogP contribution in [0.25, 0.3) is 0 Å². The molecule has 0 unspecified atom stereocenters. The molecular formula is C16H22N2O5S. The third-order valence-corrected chi connectivity index (χ3v) is 4.49. The van der Waals surface area contributed by atoms with Gasteiger partial charge in [-0.1, -0.05) is 11.2 Å². The molecule has 0 amide bonds. The van der Waals surface area contributed by atoms with Crippen LogP contribution in [0.3, 0.4) is 0 Å². The van der Waals surface area contributed by atoms with Crippen molar-refractivity contribution in [3.63, 3.8) is 0 Å². The Balaban J connectivity index is 1.92. The van der Waals surface area contributed by atoms with Gasteiger partial charge in [-0.15, -0.1) is 0 Å². The van der Waals surface area contributed by atoms with Gasteiger partial charge >= 0.3 is 0 Å². The smallest absolute Gasteiger partial charge is 0.217 e. The molecule has 1 N–H and O–H groups in total. The van der Waals surface area contributed by atoms with E-state index in [4.69, 9.17) is 9.47 Å². The fraction of sp³-hybridized carbons (Fsp3) is 0.438. The molecule has 0 atom stereocenters. The zero-order valence-corrected chi connectivity index (χ0v) is 14.6. The Bertz CT molecular complexity index is 729. The summed E-state index contributed by atoms with van der Waals surface area (Å²) in [7, 11) is -3.44. The molecule has 2 aromatic rings. The van der Waals surface area contributed by atoms with Crippen LogP contribution in [0.15, 0.2) is 35.1 Å². The van der Waals surface area contributed by atoms with Gasteiger partial charge in [0, 0.05) is 12.6 Å². The first-order chi connectivity index (χ1) is 11.5. The van der Waals surface area contributed by atoms with Crippen molar-refractivity contribution in [2.75, 3.05) is 19.8 Å². The third-order valence-electron chi connectivity index (χ3n) is 3.17. The molecule has 0 bridgehead atoms. The van der Waals surface area contributed by atoms with Crippen molar-refractivity contribution < 1.29 is 22.4 Å². The summed E-state index contributed by atoms with van der Waals surface area (Å²) in [4.78, 5) is 0. The molecule has 1 aromatic carbocycles. The molecule has 0 aliphatic carbocycles. The number of benzene rings is 1. The van der Waals surface area contributed by atoms with Gasteiger partial charge in [0.1, 0.15) is 12.0 Å². The molecule has 1 heterocycles. The number of ether oxygens (including phenoxy) is 2. The Kier molecular flexibility index (Phi) is 6.62. The lowest BCUT2D eigenvalue weighted by Crippen LogP contribution is -2.27. The number of hydrogen-bond acceptors (Lipinski definition) is 6. The Labute approximate surface area is 142 Å². The molecule has 0 saturated carbocycles. The Morgan fingerprint density at radius 2 is 1.88 bits per heavy atom. The van der Waals surface area contributed by atoms with Gasteiger partial charge in [-0.2, -0.15) is 0 Å². The summed E-state index contributed by atoms with van der Waals surface area (Å²) in [6.07, 6.45) is 1.89. The zero-order chi connectivity index (χ0) is 17.4. The van der Waals surface area contributed by atoms with Gasteiger partial charge in [0.2, 0.25) is 10.0 Å². The molecule has 0 radical (unpaired) electrons. The largest absolute Gasteiger partial charge is 0.490 e. The number of nitrogens with zero attached hydrogens (tertiary/aromatic N) is 1. The van der Waals surface area contributed by atoms with E-state index < -0.39 is 10.0 Å². The molecule has 0 aliphatic rings. The van der Waals surface area contributed by atoms with Gasteiger partial charge in [0.05, 0.1) is 18.9 Å². The Hall–Kier alpha value is -2.06. The van der Waals surface area contributed by atoms with Crippen LogP contribution in [-0.4, -0.2) is 33.3 Å². The van der Waals surface area contributed by atoms with Gasteiger partial charge in [-0.3, -0.25) is 0 Å². The molecule has 0 fully saturated rings. The van der Waals surface area contributed by atoms with E-state index in [1.165, 1.54) is 12.3 Å². The summed E-state index contributed by atoms with van der Waals surface area (Å²) in [5.41, 5.74) is 1.34. The molecule has 132 valence electrons. The van der Waals surface area contributed by atoms with Gasteiger partial charge in [0.25, 0.3) is 0 Å². The van der Waals surface area contributed by atoms with Crippen LogP contribution in [-0.2, 0) is 22.2 Å². The molecule has 2 rings (SSSR count). The normalized spacial score (nSPS) is 11.4. The predicted octanol–water partition coefficient (Wildman–Crippen LogP) is 2.13. The number of nitrogens with one attached hydrogen (secondary N) is 1. The first-order valence-corrected chi connectivity index (χ1v) is 9.44. The lowest BCUT2D eigenvalue weighted by atomic mass is 10.1. The summed E-state index contributed by atoms with van der Waals surface area (Å²) < 4.78 is 42.2. The van der Waals surface area contributed by atoms with E-state index in [0.717, 1.165) is 5.56 Å². The van der Waals surface area contributed by atoms with E-state index >= 15 is 0 Å². The minimum atomic E-state index is -3.44. The Morgan fingerprint density at radius 1 is 1.12 bits per heavy atom. The van der Waals surface area contributed by atoms with Crippen molar-refractivity contribution in [1.82, 2.24) is 9.88 Å². The molecule has 0 spiro atoms. The molecule has 24 heavy (non-hydrogen) atoms. The van der Waals surface area contributed by atoms with Crippen molar-refractivity contribution >= 4 is 10.0 Å². The van der Waals surface area contributed by atoms with Crippen LogP contribution >= 0.6 is 0 Å². The highest BCUT2D eigenvalue weighted by Crippen LogP contribution is 2.28. The second kappa shape index (κ2) is 8.70. The van der Waals surface area contributed by atoms with E-state index in [2.05, 4.69) is 14.4 Å². The van der Waals surface area contributed by atoms with Crippen molar-refractivity contribution in [2.45, 2.75) is 26.0 Å². The van der Waals surface area contributed by atoms with Crippen LogP contribution < -0.4 is 14.2 Å². The molecule has 7 nitrogen and oxygen atoms in total. The van der Waals surface area contributed by atoms with E-state index in [9.17, 15) is 8.42 Å². The van der Waals surface area contributed by atoms with Gasteiger partial charge < -0.3 is 14.0 Å². The molecular weight excluding hydrogens is 332 g/mol. The van der Waals surface area contributed by atoms with E-state index in [1.807, 2.05) is 32.0 Å². The lowest BCUT2D eigenvalue weighted by Gasteiger charge is -2.12. The highest BCUT2D eigenvalue weighted by molar-refractivity contribution is 7.88. The molecule has 8 heteroatoms. The zero-order valence-electron chi connectivity index (χ0n) is 13.8. The molecule has 0 saturated heterocycles. The van der Waals surface area contributed by atoms with Gasteiger partial charge in [-0.25, -0.2) is 13.1 Å². The van der Waals surface area contributed by atoms with Crippen molar-refractivity contribution in [1.29, 1.82) is 0 Å². The number of aromatic nitrogens is 1. The van der Waals surface area contributed by atoms with Gasteiger partial charge in [-0.05, 0) is 38.0 Å². The predicted molar refractivity (Wildman–Crippen MR) is 89.6 cm³/mol. The van der Waals surface area contributed by atoms with Crippen molar-refractivity contribution in [2.24, 2.45) is 0 Å². The molecule has 0 aliphatic heterocycles. The van der Waals surface area contributed by atoms with Crippen LogP contribution in [0.1, 0.15) is 25.1 Å². The maximum Gasteiger partial charge on any atom is 0.217 e. The summed E-state index contributed by atoms with van der Waals surface area (Å²) >= 11 is 0. The van der Waals surface area contributed by atoms with E-state index in [-0.39, 0.29) is 5.75 Å². The topological polar surface area (TPSA) is 90.7 Å². The quantitative estimate of drug-likeness (QED) is 0.703. The summed E-state index contributed by atoms with van der Waals surface area (Å²) in [5, 5.41) is 3.60. The van der Waals surface area contributed by atoms with Gasteiger partial charge in [0.15, 0.2) is 11.5 Å². The summed E-state index contributed by atoms with van der Waals surface area (Å²) in [5.74, 6) is 1.16. The second-order valence-electron chi connectivity index (χ2n) is 5.04. The fourth-order valence-electron chi connectivity index (χ4n) is 2.16. The van der Waals surface area contributed by atoms with Crippen LogP contribution in [0.4, 0.5) is 0 Å². The molecule has 1 aromatic heterocycles. The van der Waals surface area contributed by atoms with E-state index in [1.54, 1.807) is 0 Å². The van der Waals surface area contributed by atoms with Crippen LogP contribution in [0.2, 0.25) is 0 Å². The summed E-state index contributed by atoms with van der Waals surface area (Å²) in [6.45, 7) is 5.20. The standard InChI is InChI=1S/C16H22N2O5S/c1-3-21-15-6-5-13(11-16(15)22-4-2)7-9-17-24(19,20)12-14-8-10-23-18-14/h5-6,8,10-11,17H,3-4,7,9,12H2,1-2H3. The average Bonchev–Trinajstić information content (AvgIpc) is 3.02. The van der Waals surface area contributed by atoms with Crippen molar-refractivity contribution in [3.8, 4) is 11.5 Å². The SMILES string of the molecule is CCOc1ccc(CCNS(=O)(=O)Cc2ccon2)cc1OCC. The fourth-order valence-corrected chi connectivity index (χ4v) is 3.21. The Morgan fingerprint density at radius 3 is 2.54 bits per heavy atom. The highest BCUT2D eigenvalue weighted by Gasteiger charge is 2.13. The first-order valence-electron chi connectivity index (χ1n) is 7.79. The van der Waals surface area contributed by atoms with E-state index in [0.29, 0.717) is 43.4 Å². The highest BCUT2D eigenvalue weighted by atomic mass is 32.2. The second-order valence-corrected chi connectivity index (χ2v) is 6.85. The summed E-state index contributed by atoms with van der Waals surface area (Å²) in [6, 6.07) is 7.15. The number of sulfonamides is 1. The average molecular weight is 354 g/mol. The van der Waals surface area contributed by atoms with Crippen LogP contribution in [0, 0.1) is 0 Å². The van der Waals surface area contributed by atoms with Crippen molar-refractivity contribution in [3.05, 3.63) is 41.8 Å². The first kappa shape index (κ1) is 18.3. The third kappa shape index (κ3) is 5.54. The number of hydrogen-bond donors (Lipinski definition) is 1. The minimum absolute atomic E-state index is 0.197. The lowest BCUT2D eigenvalue weighted by molar-refractivity contribution is 0.287. The monoisotopic (exact) mass is 354 g/mol. The number of rotatable bonds is 10. The maximum absolute atomic E-state index is 12.0.